The number of nitrogens with one attached hydrogen (secondary N) is 2. The molecule has 1 aliphatic rings. The molecule has 11 nitrogen and oxygen atoms in total. The number of ether oxygens (including phenoxy) is 1. The average molecular weight is 575 g/mol. The first-order chi connectivity index (χ1) is 19.7. The van der Waals surface area contributed by atoms with E-state index in [0.29, 0.717) is 33.7 Å². The standard InChI is InChI=1S/C27H23ClN6O3.CH5BO2/c1-16-32-33-26-25(30-23(35)15-29-27(36)18-6-4-3-5-7-18)31-24(17-8-10-19(28)11-9-17)21-14-20(37-2)12-13-22(21)34(16)26;1-2(3)4/h3-14,25H,15H2,1-2H3,(H,29,36)(H,30,35);3-4H,1H3/t25-;/m1./s1. The Hall–Kier alpha value is -4.52. The molecule has 210 valence electrons. The highest BCUT2D eigenvalue weighted by Crippen LogP contribution is 2.32. The summed E-state index contributed by atoms with van der Waals surface area (Å²) in [6, 6.07) is 21.6. The molecule has 0 fully saturated rings. The number of aryl methyl sites for hydroxylation is 1. The maximum Gasteiger partial charge on any atom is 0.448 e. The Balaban J connectivity index is 0.000000909. The van der Waals surface area contributed by atoms with Gasteiger partial charge in [-0.2, -0.15) is 0 Å². The minimum absolute atomic E-state index is 0.232. The Morgan fingerprint density at radius 3 is 2.39 bits per heavy atom. The molecule has 4 aromatic rings. The van der Waals surface area contributed by atoms with Crippen LogP contribution < -0.4 is 15.4 Å². The minimum atomic E-state index is -1.17. The number of carbonyl (C=O) groups is 2. The van der Waals surface area contributed by atoms with Crippen molar-refractivity contribution in [1.82, 2.24) is 25.4 Å². The third kappa shape index (κ3) is 7.17. The van der Waals surface area contributed by atoms with Crippen LogP contribution in [0, 0.1) is 6.92 Å². The molecule has 2 heterocycles. The molecule has 4 N–H and O–H groups in total. The van der Waals surface area contributed by atoms with E-state index in [4.69, 9.17) is 31.4 Å². The summed E-state index contributed by atoms with van der Waals surface area (Å²) in [6.07, 6.45) is -0.869. The number of amides is 2. The zero-order valence-electron chi connectivity index (χ0n) is 22.6. The second-order valence-electron chi connectivity index (χ2n) is 8.96. The molecule has 13 heteroatoms. The smallest absolute Gasteiger partial charge is 0.448 e. The first-order valence-electron chi connectivity index (χ1n) is 12.6. The molecular weight excluding hydrogens is 547 g/mol. The van der Waals surface area contributed by atoms with E-state index in [2.05, 4.69) is 20.8 Å². The summed E-state index contributed by atoms with van der Waals surface area (Å²) in [6.45, 7) is 2.88. The van der Waals surface area contributed by atoms with Gasteiger partial charge >= 0.3 is 7.12 Å². The summed E-state index contributed by atoms with van der Waals surface area (Å²) in [4.78, 5) is 30.3. The fourth-order valence-electron chi connectivity index (χ4n) is 4.13. The van der Waals surface area contributed by atoms with E-state index in [9.17, 15) is 9.59 Å². The highest BCUT2D eigenvalue weighted by atomic mass is 35.5. The van der Waals surface area contributed by atoms with Crippen LogP contribution in [0.2, 0.25) is 11.8 Å². The number of hydrogen-bond acceptors (Lipinski definition) is 8. The van der Waals surface area contributed by atoms with E-state index in [1.165, 1.54) is 6.82 Å². The van der Waals surface area contributed by atoms with Crippen LogP contribution in [0.15, 0.2) is 77.8 Å². The summed E-state index contributed by atoms with van der Waals surface area (Å²) in [7, 11) is 0.430. The fraction of sp³-hybridized carbons (Fsp3) is 0.179. The lowest BCUT2D eigenvalue weighted by molar-refractivity contribution is -0.120. The number of aliphatic imine (C=N–C) groups is 1. The van der Waals surface area contributed by atoms with Gasteiger partial charge in [0.05, 0.1) is 25.1 Å². The molecule has 0 spiro atoms. The van der Waals surface area contributed by atoms with Crippen molar-refractivity contribution in [2.45, 2.75) is 19.9 Å². The summed E-state index contributed by atoms with van der Waals surface area (Å²) >= 11 is 6.14. The van der Waals surface area contributed by atoms with E-state index in [0.717, 1.165) is 16.8 Å². The second kappa shape index (κ2) is 13.2. The Morgan fingerprint density at radius 1 is 1.05 bits per heavy atom. The maximum absolute atomic E-state index is 12.9. The van der Waals surface area contributed by atoms with Gasteiger partial charge in [0, 0.05) is 21.7 Å². The molecule has 0 aliphatic carbocycles. The second-order valence-corrected chi connectivity index (χ2v) is 9.40. The topological polar surface area (TPSA) is 151 Å². The van der Waals surface area contributed by atoms with Gasteiger partial charge in [0.1, 0.15) is 11.6 Å². The molecule has 3 aromatic carbocycles. The molecule has 1 atom stereocenters. The third-order valence-electron chi connectivity index (χ3n) is 5.91. The molecule has 1 aliphatic heterocycles. The largest absolute Gasteiger partial charge is 0.497 e. The number of benzene rings is 3. The Kier molecular flexibility index (Phi) is 9.51. The molecule has 0 radical (unpaired) electrons. The zero-order valence-corrected chi connectivity index (χ0v) is 23.3. The molecule has 1 aromatic heterocycles. The molecule has 0 saturated heterocycles. The Labute approximate surface area is 242 Å². The number of halogens is 1. The third-order valence-corrected chi connectivity index (χ3v) is 6.17. The number of fused-ring (bicyclic) bond motifs is 3. The fourth-order valence-corrected chi connectivity index (χ4v) is 4.25. The van der Waals surface area contributed by atoms with Crippen LogP contribution >= 0.6 is 11.6 Å². The van der Waals surface area contributed by atoms with Crippen LogP contribution in [0.5, 0.6) is 5.75 Å². The number of carbonyl (C=O) groups excluding carboxylic acids is 2. The molecule has 5 rings (SSSR count). The van der Waals surface area contributed by atoms with Gasteiger partial charge < -0.3 is 25.4 Å². The van der Waals surface area contributed by atoms with Gasteiger partial charge in [-0.15, -0.1) is 10.2 Å². The molecule has 2 amide bonds. The van der Waals surface area contributed by atoms with Gasteiger partial charge in [0.25, 0.3) is 5.91 Å². The average Bonchev–Trinajstić information content (AvgIpc) is 3.29. The normalized spacial score (nSPS) is 13.3. The lowest BCUT2D eigenvalue weighted by Gasteiger charge is -2.15. The highest BCUT2D eigenvalue weighted by Gasteiger charge is 2.29. The van der Waals surface area contributed by atoms with Gasteiger partial charge in [-0.25, -0.2) is 0 Å². The van der Waals surface area contributed by atoms with Crippen molar-refractivity contribution in [3.63, 3.8) is 0 Å². The Morgan fingerprint density at radius 2 is 1.73 bits per heavy atom. The number of rotatable bonds is 6. The summed E-state index contributed by atoms with van der Waals surface area (Å²) in [5.41, 5.74) is 3.45. The lowest BCUT2D eigenvalue weighted by atomic mass is 9.99. The van der Waals surface area contributed by atoms with Crippen LogP contribution in [-0.2, 0) is 4.79 Å². The number of aromatic nitrogens is 3. The predicted octanol–water partition coefficient (Wildman–Crippen LogP) is 2.72. The van der Waals surface area contributed by atoms with Crippen molar-refractivity contribution in [1.29, 1.82) is 0 Å². The minimum Gasteiger partial charge on any atom is -0.497 e. The Bertz CT molecular complexity index is 1560. The van der Waals surface area contributed by atoms with E-state index in [1.807, 2.05) is 47.9 Å². The van der Waals surface area contributed by atoms with Gasteiger partial charge in [-0.05, 0) is 56.2 Å². The van der Waals surface area contributed by atoms with Gasteiger partial charge in [-0.1, -0.05) is 41.9 Å². The summed E-state index contributed by atoms with van der Waals surface area (Å²) in [5.74, 6) is 0.949. The van der Waals surface area contributed by atoms with Crippen molar-refractivity contribution >= 4 is 36.2 Å². The summed E-state index contributed by atoms with van der Waals surface area (Å²) < 4.78 is 7.34. The maximum atomic E-state index is 12.9. The highest BCUT2D eigenvalue weighted by molar-refractivity contribution is 6.39. The van der Waals surface area contributed by atoms with E-state index in [-0.39, 0.29) is 12.5 Å². The summed E-state index contributed by atoms with van der Waals surface area (Å²) in [5, 5.41) is 29.9. The van der Waals surface area contributed by atoms with Gasteiger partial charge in [0.15, 0.2) is 12.0 Å². The number of nitrogens with zero attached hydrogens (tertiary/aromatic N) is 4. The van der Waals surface area contributed by atoms with Gasteiger partial charge in [-0.3, -0.25) is 19.1 Å². The number of methoxy groups -OCH3 is 1. The van der Waals surface area contributed by atoms with Crippen molar-refractivity contribution in [3.8, 4) is 11.4 Å². The van der Waals surface area contributed by atoms with Crippen LogP contribution in [0.1, 0.15) is 39.3 Å². The molecular formula is C28H28BClN6O5. The monoisotopic (exact) mass is 574 g/mol. The SMILES string of the molecule is CB(O)O.COc1ccc2c(c1)C(c1ccc(Cl)cc1)=N[C@@H](NC(=O)CNC(=O)c1ccccc1)c1nnc(C)n1-2. The van der Waals surface area contributed by atoms with Crippen molar-refractivity contribution in [2.75, 3.05) is 13.7 Å². The van der Waals surface area contributed by atoms with Gasteiger partial charge in [0.2, 0.25) is 5.91 Å². The quantitative estimate of drug-likeness (QED) is 0.259. The lowest BCUT2D eigenvalue weighted by Crippen LogP contribution is -2.39. The van der Waals surface area contributed by atoms with E-state index >= 15 is 0 Å². The molecule has 0 saturated carbocycles. The molecule has 0 unspecified atom stereocenters. The van der Waals surface area contributed by atoms with Crippen LogP contribution in [0.25, 0.3) is 5.69 Å². The van der Waals surface area contributed by atoms with Crippen molar-refractivity contribution in [3.05, 3.63) is 106 Å². The first kappa shape index (κ1) is 29.5. The molecule has 41 heavy (non-hydrogen) atoms. The predicted molar refractivity (Wildman–Crippen MR) is 155 cm³/mol. The first-order valence-corrected chi connectivity index (χ1v) is 13.0. The zero-order chi connectivity index (χ0) is 29.5. The van der Waals surface area contributed by atoms with Crippen molar-refractivity contribution in [2.24, 2.45) is 4.99 Å². The van der Waals surface area contributed by atoms with E-state index < -0.39 is 19.2 Å². The van der Waals surface area contributed by atoms with Crippen molar-refractivity contribution < 1.29 is 24.4 Å². The van der Waals surface area contributed by atoms with Crippen LogP contribution in [0.4, 0.5) is 0 Å². The van der Waals surface area contributed by atoms with E-state index in [1.54, 1.807) is 43.5 Å². The van der Waals surface area contributed by atoms with Crippen LogP contribution in [0.3, 0.4) is 0 Å². The number of hydrogen-bond donors (Lipinski definition) is 4. The van der Waals surface area contributed by atoms with Crippen LogP contribution in [-0.4, -0.2) is 63.1 Å². The molecule has 0 bridgehead atoms.